The molecule has 2 aromatic heterocycles. The molecule has 0 aliphatic rings. The zero-order chi connectivity index (χ0) is 13.3. The molecule has 0 radical (unpaired) electrons. The lowest BCUT2D eigenvalue weighted by Gasteiger charge is -2.20. The van der Waals surface area contributed by atoms with E-state index in [1.807, 2.05) is 6.92 Å². The molecule has 0 amide bonds. The van der Waals surface area contributed by atoms with Crippen molar-refractivity contribution in [2.75, 3.05) is 5.75 Å². The Morgan fingerprint density at radius 2 is 2.22 bits per heavy atom. The van der Waals surface area contributed by atoms with Gasteiger partial charge in [0.2, 0.25) is 0 Å². The van der Waals surface area contributed by atoms with Gasteiger partial charge in [0.1, 0.15) is 5.39 Å². The Morgan fingerprint density at radius 3 is 2.89 bits per heavy atom. The molecule has 6 nitrogen and oxygen atoms in total. The van der Waals surface area contributed by atoms with Crippen LogP contribution < -0.4 is 11.2 Å². The van der Waals surface area contributed by atoms with E-state index >= 15 is 0 Å². The first-order valence-corrected chi connectivity index (χ1v) is 6.52. The zero-order valence-corrected chi connectivity index (χ0v) is 11.6. The fourth-order valence-corrected chi connectivity index (χ4v) is 1.85. The monoisotopic (exact) mass is 286 g/mol. The Morgan fingerprint density at radius 1 is 1.50 bits per heavy atom. The molecular weight excluding hydrogens is 272 g/mol. The predicted octanol–water partition coefficient (Wildman–Crippen LogP) is 0.421. The number of H-pyrrole nitrogens is 2. The van der Waals surface area contributed by atoms with Crippen LogP contribution in [0.25, 0.3) is 11.0 Å². The molecule has 2 heterocycles. The second-order valence-corrected chi connectivity index (χ2v) is 5.84. The number of hydrogen-bond acceptors (Lipinski definition) is 5. The molecule has 8 heteroatoms. The third kappa shape index (κ3) is 2.49. The number of aromatic nitrogens is 4. The summed E-state index contributed by atoms with van der Waals surface area (Å²) in [6, 6.07) is 0. The first kappa shape index (κ1) is 13.3. The zero-order valence-electron chi connectivity index (χ0n) is 9.80. The van der Waals surface area contributed by atoms with Gasteiger partial charge in [-0.05, 0) is 13.3 Å². The number of aromatic amines is 2. The number of fused-ring (bicyclic) bond motifs is 1. The molecule has 1 atom stereocenters. The minimum atomic E-state index is -0.456. The topological polar surface area (TPSA) is 83.5 Å². The molecule has 2 rings (SSSR count). The molecule has 1 unspecified atom stereocenters. The average Bonchev–Trinajstić information content (AvgIpc) is 2.77. The summed E-state index contributed by atoms with van der Waals surface area (Å²) in [5.41, 5.74) is -0.516. The van der Waals surface area contributed by atoms with Crippen molar-refractivity contribution in [2.24, 2.45) is 0 Å². The minimum absolute atomic E-state index is 0.282. The van der Waals surface area contributed by atoms with Crippen molar-refractivity contribution >= 4 is 36.3 Å². The fourth-order valence-electron chi connectivity index (χ4n) is 1.59. The molecule has 0 aromatic carbocycles. The van der Waals surface area contributed by atoms with E-state index in [0.29, 0.717) is 24.1 Å². The van der Waals surface area contributed by atoms with Crippen LogP contribution >= 0.6 is 25.3 Å². The standard InChI is InChI=1S/C10H14N4O2S2/c1-10(18,5-17)2-3-14-8(15)6-4-11-13-7(6)12-9(14)16/h4,17-18H,2-3,5H2,1H3,(H2,11,12,13,16). The lowest BCUT2D eigenvalue weighted by Crippen LogP contribution is -2.37. The number of nitrogens with one attached hydrogen (secondary N) is 2. The van der Waals surface area contributed by atoms with E-state index in [-0.39, 0.29) is 16.0 Å². The molecule has 0 bridgehead atoms. The van der Waals surface area contributed by atoms with E-state index in [9.17, 15) is 9.59 Å². The van der Waals surface area contributed by atoms with Crippen LogP contribution in [0.15, 0.2) is 15.8 Å². The van der Waals surface area contributed by atoms with Crippen molar-refractivity contribution < 1.29 is 0 Å². The van der Waals surface area contributed by atoms with Gasteiger partial charge in [-0.3, -0.25) is 19.4 Å². The van der Waals surface area contributed by atoms with Crippen LogP contribution in [-0.2, 0) is 6.54 Å². The van der Waals surface area contributed by atoms with Gasteiger partial charge >= 0.3 is 5.69 Å². The van der Waals surface area contributed by atoms with Gasteiger partial charge in [0.25, 0.3) is 5.56 Å². The average molecular weight is 286 g/mol. The van der Waals surface area contributed by atoms with E-state index in [1.54, 1.807) is 0 Å². The summed E-state index contributed by atoms with van der Waals surface area (Å²) in [6.45, 7) is 2.22. The van der Waals surface area contributed by atoms with Crippen molar-refractivity contribution in [3.63, 3.8) is 0 Å². The van der Waals surface area contributed by atoms with Crippen LogP contribution in [-0.4, -0.2) is 30.2 Å². The van der Waals surface area contributed by atoms with Gasteiger partial charge in [-0.1, -0.05) is 0 Å². The SMILES string of the molecule is CC(S)(CS)CCn1c(=O)[nH]c2n[nH]cc2c1=O. The molecule has 98 valence electrons. The van der Waals surface area contributed by atoms with E-state index in [0.717, 1.165) is 4.57 Å². The highest BCUT2D eigenvalue weighted by molar-refractivity contribution is 7.85. The second kappa shape index (κ2) is 4.85. The van der Waals surface area contributed by atoms with Gasteiger partial charge in [0.15, 0.2) is 5.65 Å². The van der Waals surface area contributed by atoms with Gasteiger partial charge in [0, 0.05) is 23.2 Å². The summed E-state index contributed by atoms with van der Waals surface area (Å²) in [5, 5.41) is 6.72. The summed E-state index contributed by atoms with van der Waals surface area (Å²) in [7, 11) is 0. The minimum Gasteiger partial charge on any atom is -0.290 e. The molecule has 0 fully saturated rings. The second-order valence-electron chi connectivity index (χ2n) is 4.44. The summed E-state index contributed by atoms with van der Waals surface area (Å²) < 4.78 is 0.843. The molecule has 0 spiro atoms. The Kier molecular flexibility index (Phi) is 3.58. The fraction of sp³-hybridized carbons (Fsp3) is 0.500. The third-order valence-electron chi connectivity index (χ3n) is 2.80. The Labute approximate surface area is 114 Å². The van der Waals surface area contributed by atoms with Crippen molar-refractivity contribution in [3.05, 3.63) is 27.0 Å². The summed E-state index contributed by atoms with van der Waals surface area (Å²) >= 11 is 8.61. The van der Waals surface area contributed by atoms with Crippen LogP contribution in [0.2, 0.25) is 0 Å². The maximum atomic E-state index is 12.1. The molecule has 0 aliphatic heterocycles. The number of thiol groups is 2. The van der Waals surface area contributed by atoms with Gasteiger partial charge in [-0.25, -0.2) is 4.79 Å². The number of hydrogen-bond donors (Lipinski definition) is 4. The Balaban J connectivity index is 2.39. The van der Waals surface area contributed by atoms with Crippen molar-refractivity contribution in [3.8, 4) is 0 Å². The normalized spacial score (nSPS) is 14.8. The van der Waals surface area contributed by atoms with Crippen molar-refractivity contribution in [1.29, 1.82) is 0 Å². The lowest BCUT2D eigenvalue weighted by molar-refractivity contribution is 0.535. The van der Waals surface area contributed by atoms with Crippen molar-refractivity contribution in [1.82, 2.24) is 19.7 Å². The maximum absolute atomic E-state index is 12.1. The smallest absolute Gasteiger partial charge is 0.290 e. The van der Waals surface area contributed by atoms with Gasteiger partial charge in [0.05, 0.1) is 0 Å². The summed E-state index contributed by atoms with van der Waals surface area (Å²) in [6.07, 6.45) is 2.05. The van der Waals surface area contributed by atoms with Gasteiger partial charge in [-0.15, -0.1) is 0 Å². The van der Waals surface area contributed by atoms with Crippen LogP contribution in [0, 0.1) is 0 Å². The van der Waals surface area contributed by atoms with E-state index in [1.165, 1.54) is 6.20 Å². The van der Waals surface area contributed by atoms with E-state index in [4.69, 9.17) is 0 Å². The number of rotatable bonds is 4. The van der Waals surface area contributed by atoms with Crippen LogP contribution in [0.5, 0.6) is 0 Å². The first-order chi connectivity index (χ1) is 8.44. The highest BCUT2D eigenvalue weighted by Gasteiger charge is 2.18. The van der Waals surface area contributed by atoms with Crippen LogP contribution in [0.3, 0.4) is 0 Å². The van der Waals surface area contributed by atoms with Crippen molar-refractivity contribution in [2.45, 2.75) is 24.6 Å². The summed E-state index contributed by atoms with van der Waals surface area (Å²) in [4.78, 5) is 26.4. The van der Waals surface area contributed by atoms with Crippen LogP contribution in [0.4, 0.5) is 0 Å². The molecule has 0 saturated heterocycles. The van der Waals surface area contributed by atoms with Crippen LogP contribution in [0.1, 0.15) is 13.3 Å². The molecule has 0 saturated carbocycles. The van der Waals surface area contributed by atoms with Gasteiger partial charge < -0.3 is 0 Å². The quantitative estimate of drug-likeness (QED) is 0.615. The Hall–Kier alpha value is -1.15. The van der Waals surface area contributed by atoms with E-state index in [2.05, 4.69) is 40.4 Å². The Bertz CT molecular complexity index is 670. The number of nitrogens with zero attached hydrogens (tertiary/aromatic N) is 2. The highest BCUT2D eigenvalue weighted by atomic mass is 32.1. The van der Waals surface area contributed by atoms with Gasteiger partial charge in [-0.2, -0.15) is 30.4 Å². The predicted molar refractivity (Wildman–Crippen MR) is 76.8 cm³/mol. The lowest BCUT2D eigenvalue weighted by atomic mass is 10.1. The molecule has 2 N–H and O–H groups in total. The maximum Gasteiger partial charge on any atom is 0.330 e. The summed E-state index contributed by atoms with van der Waals surface area (Å²) in [5.74, 6) is 0.566. The molecule has 2 aromatic rings. The molecule has 0 aliphatic carbocycles. The highest BCUT2D eigenvalue weighted by Crippen LogP contribution is 2.20. The van der Waals surface area contributed by atoms with E-state index < -0.39 is 5.69 Å². The molecule has 18 heavy (non-hydrogen) atoms. The first-order valence-electron chi connectivity index (χ1n) is 5.44. The molecular formula is C10H14N4O2S2. The third-order valence-corrected chi connectivity index (χ3v) is 4.13. The largest absolute Gasteiger partial charge is 0.330 e.